The quantitative estimate of drug-likeness (QED) is 0.923. The van der Waals surface area contributed by atoms with Crippen molar-refractivity contribution in [3.8, 4) is 11.5 Å². The van der Waals surface area contributed by atoms with E-state index in [0.29, 0.717) is 11.5 Å². The summed E-state index contributed by atoms with van der Waals surface area (Å²) in [5.41, 5.74) is 0.913. The molecule has 23 heavy (non-hydrogen) atoms. The third-order valence-corrected chi connectivity index (χ3v) is 4.61. The molecule has 1 saturated heterocycles. The first-order valence-corrected chi connectivity index (χ1v) is 7.96. The van der Waals surface area contributed by atoms with Gasteiger partial charge < -0.3 is 14.6 Å². The van der Waals surface area contributed by atoms with Gasteiger partial charge in [-0.15, -0.1) is 0 Å². The van der Waals surface area contributed by atoms with Crippen molar-refractivity contribution >= 4 is 12.0 Å². The number of amides is 2. The summed E-state index contributed by atoms with van der Waals surface area (Å²) in [6.45, 7) is 0.198. The summed E-state index contributed by atoms with van der Waals surface area (Å²) in [5.74, 6) is 0.866. The Hall–Kier alpha value is -2.24. The molecular formula is C17H21NO5. The molecular weight excluding hydrogens is 298 g/mol. The third-order valence-electron chi connectivity index (χ3n) is 4.61. The molecule has 2 fully saturated rings. The van der Waals surface area contributed by atoms with Crippen LogP contribution in [0, 0.1) is 0 Å². The fourth-order valence-electron chi connectivity index (χ4n) is 3.34. The molecule has 0 radical (unpaired) electrons. The topological polar surface area (TPSA) is 76.1 Å². The Labute approximate surface area is 135 Å². The molecule has 0 spiro atoms. The summed E-state index contributed by atoms with van der Waals surface area (Å²) in [4.78, 5) is 23.7. The van der Waals surface area contributed by atoms with E-state index in [1.54, 1.807) is 7.11 Å². The Morgan fingerprint density at radius 1 is 1.26 bits per heavy atom. The minimum Gasteiger partial charge on any atom is -0.493 e. The van der Waals surface area contributed by atoms with E-state index in [-0.39, 0.29) is 30.9 Å². The lowest BCUT2D eigenvalue weighted by Gasteiger charge is -2.18. The number of benzene rings is 1. The van der Waals surface area contributed by atoms with Gasteiger partial charge in [-0.1, -0.05) is 6.07 Å². The van der Waals surface area contributed by atoms with E-state index in [2.05, 4.69) is 0 Å². The van der Waals surface area contributed by atoms with Crippen molar-refractivity contribution in [2.24, 2.45) is 0 Å². The monoisotopic (exact) mass is 319 g/mol. The Morgan fingerprint density at radius 2 is 2.00 bits per heavy atom. The molecule has 1 unspecified atom stereocenters. The van der Waals surface area contributed by atoms with Crippen LogP contribution in [0.15, 0.2) is 18.2 Å². The van der Waals surface area contributed by atoms with Crippen molar-refractivity contribution in [3.63, 3.8) is 0 Å². The van der Waals surface area contributed by atoms with Crippen LogP contribution < -0.4 is 9.47 Å². The Morgan fingerprint density at radius 3 is 2.61 bits per heavy atom. The lowest BCUT2D eigenvalue weighted by atomic mass is 9.98. The minimum absolute atomic E-state index is 0.129. The Bertz CT molecular complexity index is 609. The molecule has 1 aromatic rings. The summed E-state index contributed by atoms with van der Waals surface area (Å²) in [5, 5.41) is 9.04. The van der Waals surface area contributed by atoms with Gasteiger partial charge in [-0.25, -0.2) is 9.69 Å². The van der Waals surface area contributed by atoms with Crippen molar-refractivity contribution in [3.05, 3.63) is 23.8 Å². The lowest BCUT2D eigenvalue weighted by molar-refractivity contribution is -0.125. The summed E-state index contributed by atoms with van der Waals surface area (Å²) < 4.78 is 11.4. The second kappa shape index (κ2) is 6.48. The van der Waals surface area contributed by atoms with Gasteiger partial charge in [-0.05, 0) is 43.4 Å². The predicted molar refractivity (Wildman–Crippen MR) is 83.0 cm³/mol. The minimum atomic E-state index is -1.19. The van der Waals surface area contributed by atoms with Gasteiger partial charge in [0, 0.05) is 18.9 Å². The molecule has 1 aliphatic carbocycles. The zero-order chi connectivity index (χ0) is 16.4. The van der Waals surface area contributed by atoms with E-state index in [4.69, 9.17) is 14.6 Å². The van der Waals surface area contributed by atoms with E-state index >= 15 is 0 Å². The molecule has 6 heteroatoms. The average molecular weight is 319 g/mol. The Kier molecular flexibility index (Phi) is 4.41. The lowest BCUT2D eigenvalue weighted by Crippen LogP contribution is -2.30. The maximum Gasteiger partial charge on any atom is 0.414 e. The van der Waals surface area contributed by atoms with E-state index in [1.165, 1.54) is 12.8 Å². The number of nitrogens with zero attached hydrogens (tertiary/aromatic N) is 1. The smallest absolute Gasteiger partial charge is 0.414 e. The third kappa shape index (κ3) is 3.25. The maximum absolute atomic E-state index is 11.8. The molecule has 6 nitrogen and oxygen atoms in total. The van der Waals surface area contributed by atoms with Crippen molar-refractivity contribution in [2.45, 2.75) is 44.1 Å². The highest BCUT2D eigenvalue weighted by atomic mass is 16.5. The second-order valence-corrected chi connectivity index (χ2v) is 6.12. The van der Waals surface area contributed by atoms with Gasteiger partial charge in [-0.2, -0.15) is 0 Å². The van der Waals surface area contributed by atoms with Gasteiger partial charge in [-0.3, -0.25) is 4.79 Å². The van der Waals surface area contributed by atoms with E-state index < -0.39 is 6.09 Å². The summed E-state index contributed by atoms with van der Waals surface area (Å²) >= 11 is 0. The molecule has 1 atom stereocenters. The van der Waals surface area contributed by atoms with Gasteiger partial charge in [0.2, 0.25) is 5.91 Å². The number of hydrogen-bond donors (Lipinski definition) is 1. The molecule has 2 aliphatic rings. The largest absolute Gasteiger partial charge is 0.493 e. The van der Waals surface area contributed by atoms with Crippen molar-refractivity contribution in [1.29, 1.82) is 0 Å². The first-order valence-electron chi connectivity index (χ1n) is 7.96. The maximum atomic E-state index is 11.8. The number of carboxylic acid groups (broad SMARTS) is 1. The van der Waals surface area contributed by atoms with Crippen LogP contribution in [-0.4, -0.2) is 41.8 Å². The van der Waals surface area contributed by atoms with Crippen LogP contribution in [-0.2, 0) is 4.79 Å². The fraction of sp³-hybridized carbons (Fsp3) is 0.529. The standard InChI is InChI=1S/C17H21NO5/c1-22-14-7-6-11(8-15(14)23-13-4-2-3-5-13)12-9-16(19)18(10-12)17(20)21/h6-8,12-13H,2-5,9-10H2,1H3,(H,20,21). The molecule has 0 aromatic heterocycles. The number of imide groups is 1. The highest BCUT2D eigenvalue weighted by molar-refractivity contribution is 5.93. The fourth-order valence-corrected chi connectivity index (χ4v) is 3.34. The SMILES string of the molecule is COc1ccc(C2CC(=O)N(C(=O)O)C2)cc1OC1CCCC1. The first kappa shape index (κ1) is 15.6. The van der Waals surface area contributed by atoms with Crippen LogP contribution in [0.4, 0.5) is 4.79 Å². The highest BCUT2D eigenvalue weighted by Gasteiger charge is 2.35. The molecule has 2 amide bonds. The van der Waals surface area contributed by atoms with Crippen LogP contribution >= 0.6 is 0 Å². The van der Waals surface area contributed by atoms with Crippen LogP contribution in [0.1, 0.15) is 43.6 Å². The number of ether oxygens (including phenoxy) is 2. The summed E-state index contributed by atoms with van der Waals surface area (Å²) in [6.07, 6.45) is 3.67. The molecule has 0 bridgehead atoms. The number of rotatable bonds is 4. The molecule has 1 saturated carbocycles. The van der Waals surface area contributed by atoms with Gasteiger partial charge in [0.05, 0.1) is 13.2 Å². The van der Waals surface area contributed by atoms with Crippen LogP contribution in [0.3, 0.4) is 0 Å². The van der Waals surface area contributed by atoms with E-state index in [9.17, 15) is 9.59 Å². The molecule has 1 N–H and O–H groups in total. The summed E-state index contributed by atoms with van der Waals surface area (Å²) in [7, 11) is 1.60. The molecule has 124 valence electrons. The number of likely N-dealkylation sites (tertiary alicyclic amines) is 1. The molecule has 1 aliphatic heterocycles. The highest BCUT2D eigenvalue weighted by Crippen LogP contribution is 2.36. The molecule has 1 aromatic carbocycles. The number of carbonyl (C=O) groups excluding carboxylic acids is 1. The van der Waals surface area contributed by atoms with Crippen LogP contribution in [0.5, 0.6) is 11.5 Å². The van der Waals surface area contributed by atoms with Crippen LogP contribution in [0.2, 0.25) is 0 Å². The predicted octanol–water partition coefficient (Wildman–Crippen LogP) is 3.01. The van der Waals surface area contributed by atoms with Crippen molar-refractivity contribution in [2.75, 3.05) is 13.7 Å². The van der Waals surface area contributed by atoms with Gasteiger partial charge >= 0.3 is 6.09 Å². The summed E-state index contributed by atoms with van der Waals surface area (Å²) in [6, 6.07) is 5.59. The number of carbonyl (C=O) groups is 2. The molecule has 1 heterocycles. The van der Waals surface area contributed by atoms with Crippen molar-refractivity contribution < 1.29 is 24.2 Å². The van der Waals surface area contributed by atoms with Crippen LogP contribution in [0.25, 0.3) is 0 Å². The zero-order valence-electron chi connectivity index (χ0n) is 13.2. The average Bonchev–Trinajstić information content (AvgIpc) is 3.16. The molecule has 3 rings (SSSR count). The van der Waals surface area contributed by atoms with Gasteiger partial charge in [0.1, 0.15) is 0 Å². The van der Waals surface area contributed by atoms with E-state index in [1.807, 2.05) is 18.2 Å². The van der Waals surface area contributed by atoms with Gasteiger partial charge in [0.25, 0.3) is 0 Å². The van der Waals surface area contributed by atoms with E-state index in [0.717, 1.165) is 23.3 Å². The number of methoxy groups -OCH3 is 1. The number of hydrogen-bond acceptors (Lipinski definition) is 4. The normalized spacial score (nSPS) is 21.7. The Balaban J connectivity index is 1.80. The van der Waals surface area contributed by atoms with Gasteiger partial charge in [0.15, 0.2) is 11.5 Å². The van der Waals surface area contributed by atoms with Crippen molar-refractivity contribution in [1.82, 2.24) is 4.90 Å². The second-order valence-electron chi connectivity index (χ2n) is 6.12. The zero-order valence-corrected chi connectivity index (χ0v) is 13.2. The first-order chi connectivity index (χ1) is 11.1.